The minimum absolute atomic E-state index is 0.0894. The number of fused-ring (bicyclic) bond motifs is 1. The molecule has 1 heterocycles. The molecule has 0 aliphatic rings. The molecule has 0 fully saturated rings. The molecule has 1 aromatic heterocycles. The molecular formula is C11H9F2NO2. The van der Waals surface area contributed by atoms with Gasteiger partial charge >= 0.3 is 5.97 Å². The molecule has 0 aliphatic heterocycles. The van der Waals surface area contributed by atoms with Gasteiger partial charge in [-0.05, 0) is 12.1 Å². The van der Waals surface area contributed by atoms with Crippen molar-refractivity contribution in [1.29, 1.82) is 0 Å². The van der Waals surface area contributed by atoms with E-state index in [0.717, 1.165) is 0 Å². The first-order valence-electron chi connectivity index (χ1n) is 4.61. The highest BCUT2D eigenvalue weighted by atomic mass is 19.3. The zero-order valence-electron chi connectivity index (χ0n) is 8.45. The molecule has 0 saturated carbocycles. The maximum absolute atomic E-state index is 12.7. The van der Waals surface area contributed by atoms with Crippen LogP contribution in [0.1, 0.15) is 22.3 Å². The van der Waals surface area contributed by atoms with Gasteiger partial charge in [0, 0.05) is 29.7 Å². The molecule has 2 rings (SSSR count). The first-order valence-corrected chi connectivity index (χ1v) is 4.61. The number of carboxylic acids is 1. The van der Waals surface area contributed by atoms with Crippen molar-refractivity contribution in [2.24, 2.45) is 7.05 Å². The van der Waals surface area contributed by atoms with Crippen LogP contribution in [0.25, 0.3) is 10.9 Å². The van der Waals surface area contributed by atoms with Gasteiger partial charge in [-0.15, -0.1) is 0 Å². The predicted octanol–water partition coefficient (Wildman–Crippen LogP) is 2.81. The van der Waals surface area contributed by atoms with E-state index in [0.29, 0.717) is 5.52 Å². The number of hydrogen-bond acceptors (Lipinski definition) is 1. The van der Waals surface area contributed by atoms with Crippen LogP contribution in [0.15, 0.2) is 24.4 Å². The number of hydrogen-bond donors (Lipinski definition) is 1. The van der Waals surface area contributed by atoms with E-state index in [-0.39, 0.29) is 16.5 Å². The Hall–Kier alpha value is -1.91. The van der Waals surface area contributed by atoms with E-state index < -0.39 is 12.4 Å². The summed E-state index contributed by atoms with van der Waals surface area (Å²) in [5.74, 6) is -1.20. The fourth-order valence-electron chi connectivity index (χ4n) is 1.82. The average Bonchev–Trinajstić information content (AvgIpc) is 2.56. The summed E-state index contributed by atoms with van der Waals surface area (Å²) in [5, 5.41) is 9.06. The van der Waals surface area contributed by atoms with E-state index in [4.69, 9.17) is 5.11 Å². The third kappa shape index (κ3) is 1.44. The molecule has 2 aromatic rings. The van der Waals surface area contributed by atoms with Gasteiger partial charge in [-0.3, -0.25) is 0 Å². The standard InChI is InChI=1S/C11H9F2NO2/c1-14-5-7(10(12)13)9-6(11(15)16)3-2-4-8(9)14/h2-5,10H,1H3,(H,15,16). The Balaban J connectivity index is 2.88. The second-order valence-corrected chi connectivity index (χ2v) is 3.50. The minimum atomic E-state index is -2.68. The molecule has 16 heavy (non-hydrogen) atoms. The number of alkyl halides is 2. The molecule has 0 radical (unpaired) electrons. The summed E-state index contributed by atoms with van der Waals surface area (Å²) in [6, 6.07) is 4.49. The monoisotopic (exact) mass is 225 g/mol. The first-order chi connectivity index (χ1) is 7.52. The lowest BCUT2D eigenvalue weighted by Crippen LogP contribution is -1.98. The predicted molar refractivity (Wildman–Crippen MR) is 54.8 cm³/mol. The molecule has 84 valence electrons. The molecule has 0 atom stereocenters. The minimum Gasteiger partial charge on any atom is -0.478 e. The number of aryl methyl sites for hydroxylation is 1. The molecular weight excluding hydrogens is 216 g/mol. The summed E-state index contributed by atoms with van der Waals surface area (Å²) < 4.78 is 27.0. The summed E-state index contributed by atoms with van der Waals surface area (Å²) in [5.41, 5.74) is 0.166. The lowest BCUT2D eigenvalue weighted by atomic mass is 10.1. The largest absolute Gasteiger partial charge is 0.478 e. The van der Waals surface area contributed by atoms with Crippen LogP contribution in [0, 0.1) is 0 Å². The molecule has 0 aliphatic carbocycles. The Morgan fingerprint density at radius 1 is 1.44 bits per heavy atom. The van der Waals surface area contributed by atoms with Crippen molar-refractivity contribution in [3.05, 3.63) is 35.5 Å². The van der Waals surface area contributed by atoms with Crippen LogP contribution >= 0.6 is 0 Å². The van der Waals surface area contributed by atoms with Crippen LogP contribution in [0.5, 0.6) is 0 Å². The fraction of sp³-hybridized carbons (Fsp3) is 0.182. The zero-order chi connectivity index (χ0) is 11.9. The van der Waals surface area contributed by atoms with Gasteiger partial charge in [0.2, 0.25) is 0 Å². The molecule has 0 saturated heterocycles. The maximum atomic E-state index is 12.7. The number of nitrogens with zero attached hydrogens (tertiary/aromatic N) is 1. The van der Waals surface area contributed by atoms with Crippen molar-refractivity contribution in [3.63, 3.8) is 0 Å². The Morgan fingerprint density at radius 2 is 2.12 bits per heavy atom. The zero-order valence-corrected chi connectivity index (χ0v) is 8.45. The molecule has 3 nitrogen and oxygen atoms in total. The van der Waals surface area contributed by atoms with Crippen molar-refractivity contribution in [3.8, 4) is 0 Å². The van der Waals surface area contributed by atoms with Crippen LogP contribution in [0.2, 0.25) is 0 Å². The van der Waals surface area contributed by atoms with Crippen molar-refractivity contribution in [1.82, 2.24) is 4.57 Å². The van der Waals surface area contributed by atoms with Gasteiger partial charge in [0.05, 0.1) is 5.56 Å². The van der Waals surface area contributed by atoms with E-state index in [1.54, 1.807) is 19.2 Å². The second kappa shape index (κ2) is 3.59. The number of carbonyl (C=O) groups is 1. The van der Waals surface area contributed by atoms with Gasteiger partial charge in [-0.2, -0.15) is 0 Å². The summed E-state index contributed by atoms with van der Waals surface area (Å²) in [7, 11) is 1.61. The number of rotatable bonds is 2. The second-order valence-electron chi connectivity index (χ2n) is 3.50. The topological polar surface area (TPSA) is 42.2 Å². The van der Waals surface area contributed by atoms with Crippen LogP contribution < -0.4 is 0 Å². The summed E-state index contributed by atoms with van der Waals surface area (Å²) in [4.78, 5) is 10.9. The van der Waals surface area contributed by atoms with Crippen LogP contribution in [0.4, 0.5) is 8.78 Å². The number of halogens is 2. The van der Waals surface area contributed by atoms with E-state index in [1.165, 1.54) is 16.8 Å². The molecule has 1 N–H and O–H groups in total. The van der Waals surface area contributed by atoms with Gasteiger partial charge < -0.3 is 9.67 Å². The molecule has 0 spiro atoms. The molecule has 0 unspecified atom stereocenters. The normalized spacial score (nSPS) is 11.2. The van der Waals surface area contributed by atoms with E-state index in [1.807, 2.05) is 0 Å². The van der Waals surface area contributed by atoms with Crippen molar-refractivity contribution >= 4 is 16.9 Å². The molecule has 1 aromatic carbocycles. The smallest absolute Gasteiger partial charge is 0.336 e. The molecule has 0 bridgehead atoms. The quantitative estimate of drug-likeness (QED) is 0.853. The number of aromatic carboxylic acids is 1. The van der Waals surface area contributed by atoms with Crippen molar-refractivity contribution in [2.45, 2.75) is 6.43 Å². The van der Waals surface area contributed by atoms with Crippen LogP contribution in [-0.4, -0.2) is 15.6 Å². The highest BCUT2D eigenvalue weighted by Gasteiger charge is 2.20. The highest BCUT2D eigenvalue weighted by Crippen LogP contribution is 2.31. The molecule has 5 heteroatoms. The van der Waals surface area contributed by atoms with Gasteiger partial charge in [0.25, 0.3) is 6.43 Å². The maximum Gasteiger partial charge on any atom is 0.336 e. The number of carboxylic acid groups (broad SMARTS) is 1. The third-order valence-corrected chi connectivity index (χ3v) is 2.51. The van der Waals surface area contributed by atoms with Gasteiger partial charge in [-0.25, -0.2) is 13.6 Å². The van der Waals surface area contributed by atoms with Crippen molar-refractivity contribution < 1.29 is 18.7 Å². The summed E-state index contributed by atoms with van der Waals surface area (Å²) in [6.45, 7) is 0. The van der Waals surface area contributed by atoms with Crippen molar-refractivity contribution in [2.75, 3.05) is 0 Å². The fourth-order valence-corrected chi connectivity index (χ4v) is 1.82. The number of aromatic nitrogens is 1. The lowest BCUT2D eigenvalue weighted by molar-refractivity contribution is 0.0699. The van der Waals surface area contributed by atoms with Gasteiger partial charge in [0.1, 0.15) is 0 Å². The van der Waals surface area contributed by atoms with E-state index in [2.05, 4.69) is 0 Å². The molecule has 0 amide bonds. The summed E-state index contributed by atoms with van der Waals surface area (Å²) >= 11 is 0. The van der Waals surface area contributed by atoms with Crippen LogP contribution in [-0.2, 0) is 7.05 Å². The average molecular weight is 225 g/mol. The van der Waals surface area contributed by atoms with Gasteiger partial charge in [0.15, 0.2) is 0 Å². The van der Waals surface area contributed by atoms with Crippen LogP contribution in [0.3, 0.4) is 0 Å². The SMILES string of the molecule is Cn1cc(C(F)F)c2c(C(=O)O)cccc21. The van der Waals surface area contributed by atoms with Gasteiger partial charge in [-0.1, -0.05) is 6.07 Å². The lowest BCUT2D eigenvalue weighted by Gasteiger charge is -2.01. The van der Waals surface area contributed by atoms with E-state index in [9.17, 15) is 13.6 Å². The van der Waals surface area contributed by atoms with E-state index >= 15 is 0 Å². The first kappa shape index (κ1) is 10.6. The Bertz CT molecular complexity index is 560. The third-order valence-electron chi connectivity index (χ3n) is 2.51. The Labute approximate surface area is 89.9 Å². The Kier molecular flexibility index (Phi) is 2.38. The summed E-state index contributed by atoms with van der Waals surface area (Å²) in [6.07, 6.45) is -1.41. The number of benzene rings is 1. The highest BCUT2D eigenvalue weighted by molar-refractivity contribution is 6.04. The Morgan fingerprint density at radius 3 is 2.69 bits per heavy atom.